The van der Waals surface area contributed by atoms with Gasteiger partial charge in [0.2, 0.25) is 0 Å². The monoisotopic (exact) mass is 430 g/mol. The van der Waals surface area contributed by atoms with E-state index in [0.717, 1.165) is 4.68 Å². The number of anilines is 1. The van der Waals surface area contributed by atoms with Crippen LogP contribution in [0.25, 0.3) is 0 Å². The van der Waals surface area contributed by atoms with Crippen LogP contribution in [0.3, 0.4) is 0 Å². The molecule has 2 aromatic rings. The molecule has 1 aliphatic heterocycles. The van der Waals surface area contributed by atoms with Crippen LogP contribution in [0, 0.1) is 0 Å². The summed E-state index contributed by atoms with van der Waals surface area (Å²) in [5.74, 6) is 0.467. The minimum absolute atomic E-state index is 0.0995. The van der Waals surface area contributed by atoms with Crippen LogP contribution in [0.4, 0.5) is 10.5 Å². The number of aryl methyl sites for hydroxylation is 1. The Morgan fingerprint density at radius 1 is 1.19 bits per heavy atom. The Kier molecular flexibility index (Phi) is 6.14. The van der Waals surface area contributed by atoms with Crippen LogP contribution < -0.4 is 15.6 Å². The second kappa shape index (κ2) is 8.37. The van der Waals surface area contributed by atoms with Crippen molar-refractivity contribution in [3.63, 3.8) is 0 Å². The van der Waals surface area contributed by atoms with Gasteiger partial charge in [-0.25, -0.2) is 9.48 Å². The number of likely N-dealkylation sites (tertiary alicyclic amines) is 1. The zero-order chi connectivity index (χ0) is 19.6. The standard InChI is InChI=1S/C17H17Cl3N4O3/c1-23-16(25)14(2-5-21-23)22-17(26)24-6-3-10(4-7-24)27-15-9-12(19)11(18)8-13(15)20/h2,5,8-10H,3-4,6-7H2,1H3,(H,22,26). The van der Waals surface area contributed by atoms with Crippen LogP contribution in [0.2, 0.25) is 15.1 Å². The van der Waals surface area contributed by atoms with E-state index in [2.05, 4.69) is 10.4 Å². The molecule has 0 bridgehead atoms. The molecule has 0 spiro atoms. The molecule has 0 aliphatic carbocycles. The SMILES string of the molecule is Cn1nccc(NC(=O)N2CCC(Oc3cc(Cl)c(Cl)cc3Cl)CC2)c1=O. The maximum Gasteiger partial charge on any atom is 0.321 e. The van der Waals surface area contributed by atoms with Gasteiger partial charge in [-0.05, 0) is 12.1 Å². The number of piperidine rings is 1. The van der Waals surface area contributed by atoms with Gasteiger partial charge in [0.15, 0.2) is 0 Å². The highest BCUT2D eigenvalue weighted by Gasteiger charge is 2.25. The molecule has 27 heavy (non-hydrogen) atoms. The molecule has 2 amide bonds. The Balaban J connectivity index is 1.57. The smallest absolute Gasteiger partial charge is 0.321 e. The van der Waals surface area contributed by atoms with Crippen molar-refractivity contribution in [2.24, 2.45) is 7.05 Å². The molecular weight excluding hydrogens is 415 g/mol. The summed E-state index contributed by atoms with van der Waals surface area (Å²) in [5, 5.41) is 7.57. The Hall–Kier alpha value is -1.96. The van der Waals surface area contributed by atoms with Crippen molar-refractivity contribution in [1.82, 2.24) is 14.7 Å². The lowest BCUT2D eigenvalue weighted by Gasteiger charge is -2.32. The zero-order valence-electron chi connectivity index (χ0n) is 14.4. The average molecular weight is 432 g/mol. The van der Waals surface area contributed by atoms with Gasteiger partial charge in [0.1, 0.15) is 17.5 Å². The normalized spacial score (nSPS) is 14.9. The third kappa shape index (κ3) is 4.66. The summed E-state index contributed by atoms with van der Waals surface area (Å²) in [6.07, 6.45) is 2.60. The molecule has 0 atom stereocenters. The van der Waals surface area contributed by atoms with Crippen molar-refractivity contribution in [3.8, 4) is 5.75 Å². The number of halogens is 3. The molecule has 1 saturated heterocycles. The number of hydrogen-bond donors (Lipinski definition) is 1. The van der Waals surface area contributed by atoms with Gasteiger partial charge in [0, 0.05) is 45.2 Å². The fraction of sp³-hybridized carbons (Fsp3) is 0.353. The zero-order valence-corrected chi connectivity index (χ0v) is 16.7. The molecule has 0 unspecified atom stereocenters. The first-order valence-electron chi connectivity index (χ1n) is 8.24. The van der Waals surface area contributed by atoms with Gasteiger partial charge >= 0.3 is 6.03 Å². The number of aromatic nitrogens is 2. The molecule has 0 radical (unpaired) electrons. The van der Waals surface area contributed by atoms with E-state index in [1.165, 1.54) is 19.3 Å². The van der Waals surface area contributed by atoms with Crippen LogP contribution in [0.5, 0.6) is 5.75 Å². The topological polar surface area (TPSA) is 76.5 Å². The Labute approximate surface area is 170 Å². The molecule has 10 heteroatoms. The second-order valence-electron chi connectivity index (χ2n) is 6.10. The van der Waals surface area contributed by atoms with Crippen molar-refractivity contribution >= 4 is 46.5 Å². The summed E-state index contributed by atoms with van der Waals surface area (Å²) in [4.78, 5) is 26.0. The van der Waals surface area contributed by atoms with Crippen molar-refractivity contribution in [2.75, 3.05) is 18.4 Å². The molecule has 1 aliphatic rings. The summed E-state index contributed by atoms with van der Waals surface area (Å²) in [6, 6.07) is 4.27. The van der Waals surface area contributed by atoms with Crippen molar-refractivity contribution in [1.29, 1.82) is 0 Å². The van der Waals surface area contributed by atoms with Gasteiger partial charge in [0.05, 0.1) is 15.1 Å². The Bertz CT molecular complexity index is 911. The van der Waals surface area contributed by atoms with Crippen molar-refractivity contribution in [2.45, 2.75) is 18.9 Å². The van der Waals surface area contributed by atoms with Gasteiger partial charge in [-0.1, -0.05) is 34.8 Å². The van der Waals surface area contributed by atoms with Gasteiger partial charge in [-0.15, -0.1) is 0 Å². The van der Waals surface area contributed by atoms with E-state index >= 15 is 0 Å². The summed E-state index contributed by atoms with van der Waals surface area (Å²) in [7, 11) is 1.52. The van der Waals surface area contributed by atoms with Crippen LogP contribution in [-0.4, -0.2) is 39.9 Å². The summed E-state index contributed by atoms with van der Waals surface area (Å²) < 4.78 is 7.07. The minimum atomic E-state index is -0.363. The molecule has 3 rings (SSSR count). The highest BCUT2D eigenvalue weighted by atomic mass is 35.5. The highest BCUT2D eigenvalue weighted by Crippen LogP contribution is 2.35. The maximum absolute atomic E-state index is 12.4. The van der Waals surface area contributed by atoms with E-state index in [9.17, 15) is 9.59 Å². The molecular formula is C17H17Cl3N4O3. The number of carbonyl (C=O) groups is 1. The first-order chi connectivity index (χ1) is 12.8. The van der Waals surface area contributed by atoms with Gasteiger partial charge in [0.25, 0.3) is 5.56 Å². The third-order valence-electron chi connectivity index (χ3n) is 4.24. The van der Waals surface area contributed by atoms with Gasteiger partial charge in [-0.2, -0.15) is 5.10 Å². The van der Waals surface area contributed by atoms with Crippen molar-refractivity contribution in [3.05, 3.63) is 49.8 Å². The number of carbonyl (C=O) groups excluding carboxylic acids is 1. The van der Waals surface area contributed by atoms with E-state index < -0.39 is 0 Å². The van der Waals surface area contributed by atoms with E-state index in [4.69, 9.17) is 39.5 Å². The number of nitrogens with zero attached hydrogens (tertiary/aromatic N) is 3. The third-order valence-corrected chi connectivity index (χ3v) is 5.26. The fourth-order valence-electron chi connectivity index (χ4n) is 2.75. The molecule has 1 fully saturated rings. The Morgan fingerprint density at radius 3 is 2.56 bits per heavy atom. The van der Waals surface area contributed by atoms with Crippen LogP contribution >= 0.6 is 34.8 Å². The average Bonchev–Trinajstić information content (AvgIpc) is 2.64. The minimum Gasteiger partial charge on any atom is -0.489 e. The number of amides is 2. The van der Waals surface area contributed by atoms with Crippen LogP contribution in [-0.2, 0) is 7.05 Å². The number of hydrogen-bond acceptors (Lipinski definition) is 4. The fourth-order valence-corrected chi connectivity index (χ4v) is 3.33. The molecule has 0 saturated carbocycles. The number of urea groups is 1. The second-order valence-corrected chi connectivity index (χ2v) is 7.33. The van der Waals surface area contributed by atoms with E-state index in [-0.39, 0.29) is 23.4 Å². The number of ether oxygens (including phenoxy) is 1. The lowest BCUT2D eigenvalue weighted by Crippen LogP contribution is -2.44. The number of nitrogens with one attached hydrogen (secondary N) is 1. The first-order valence-corrected chi connectivity index (χ1v) is 9.38. The van der Waals surface area contributed by atoms with E-state index in [0.29, 0.717) is 46.7 Å². The quantitative estimate of drug-likeness (QED) is 0.750. The molecule has 1 N–H and O–H groups in total. The van der Waals surface area contributed by atoms with Crippen molar-refractivity contribution < 1.29 is 9.53 Å². The molecule has 1 aromatic carbocycles. The molecule has 144 valence electrons. The lowest BCUT2D eigenvalue weighted by molar-refractivity contribution is 0.115. The lowest BCUT2D eigenvalue weighted by atomic mass is 10.1. The van der Waals surface area contributed by atoms with Gasteiger partial charge < -0.3 is 15.0 Å². The Morgan fingerprint density at radius 2 is 1.85 bits per heavy atom. The molecule has 1 aromatic heterocycles. The van der Waals surface area contributed by atoms with Gasteiger partial charge in [-0.3, -0.25) is 4.79 Å². The number of rotatable bonds is 3. The van der Waals surface area contributed by atoms with E-state index in [1.807, 2.05) is 0 Å². The predicted octanol–water partition coefficient (Wildman–Crippen LogP) is 3.82. The highest BCUT2D eigenvalue weighted by molar-refractivity contribution is 6.43. The summed E-state index contributed by atoms with van der Waals surface area (Å²) in [5.41, 5.74) is -0.170. The predicted molar refractivity (Wildman–Crippen MR) is 105 cm³/mol. The summed E-state index contributed by atoms with van der Waals surface area (Å²) >= 11 is 18.1. The molecule has 7 nitrogen and oxygen atoms in total. The maximum atomic E-state index is 12.4. The largest absolute Gasteiger partial charge is 0.489 e. The summed E-state index contributed by atoms with van der Waals surface area (Å²) in [6.45, 7) is 0.974. The number of benzene rings is 1. The first kappa shape index (κ1) is 19.8. The van der Waals surface area contributed by atoms with E-state index in [1.54, 1.807) is 17.0 Å². The molecule has 2 heterocycles. The van der Waals surface area contributed by atoms with Crippen LogP contribution in [0.15, 0.2) is 29.2 Å². The van der Waals surface area contributed by atoms with Crippen LogP contribution in [0.1, 0.15) is 12.8 Å².